The van der Waals surface area contributed by atoms with Gasteiger partial charge in [-0.3, -0.25) is 4.79 Å². The molecule has 0 bridgehead atoms. The van der Waals surface area contributed by atoms with Gasteiger partial charge in [-0.05, 0) is 38.9 Å². The second-order valence-corrected chi connectivity index (χ2v) is 12.8. The number of ether oxygens (including phenoxy) is 2. The summed E-state index contributed by atoms with van der Waals surface area (Å²) in [5.74, 6) is -0.374. The Hall–Kier alpha value is -0.233. The first-order valence-electron chi connectivity index (χ1n) is 7.84. The van der Waals surface area contributed by atoms with E-state index in [1.165, 1.54) is 0 Å². The van der Waals surface area contributed by atoms with Gasteiger partial charge in [0.1, 0.15) is 5.78 Å². The molecule has 124 valence electrons. The van der Waals surface area contributed by atoms with Gasteiger partial charge in [-0.15, -0.1) is 0 Å². The fourth-order valence-corrected chi connectivity index (χ4v) is 3.69. The van der Waals surface area contributed by atoms with E-state index in [4.69, 9.17) is 13.9 Å². The zero-order chi connectivity index (χ0) is 16.5. The van der Waals surface area contributed by atoms with Crippen LogP contribution in [0.4, 0.5) is 0 Å². The maximum Gasteiger partial charge on any atom is 0.192 e. The summed E-state index contributed by atoms with van der Waals surface area (Å²) in [6.07, 6.45) is 0.711. The molecular formula is C16H32O4Si. The van der Waals surface area contributed by atoms with Crippen molar-refractivity contribution in [2.45, 2.75) is 90.5 Å². The van der Waals surface area contributed by atoms with Crippen LogP contribution in [0.5, 0.6) is 0 Å². The van der Waals surface area contributed by atoms with E-state index < -0.39 is 14.1 Å². The summed E-state index contributed by atoms with van der Waals surface area (Å²) in [5.41, 5.74) is 0. The fraction of sp³-hybridized carbons (Fsp3) is 0.938. The van der Waals surface area contributed by atoms with Crippen LogP contribution in [0.15, 0.2) is 0 Å². The van der Waals surface area contributed by atoms with Crippen LogP contribution in [0.2, 0.25) is 18.1 Å². The van der Waals surface area contributed by atoms with Gasteiger partial charge in [0.25, 0.3) is 0 Å². The molecule has 1 saturated heterocycles. The van der Waals surface area contributed by atoms with E-state index in [1.54, 1.807) is 0 Å². The highest BCUT2D eigenvalue weighted by Gasteiger charge is 2.39. The maximum absolute atomic E-state index is 12.2. The number of carbonyl (C=O) groups excluding carboxylic acids is 1. The predicted octanol–water partition coefficient (Wildman–Crippen LogP) is 3.90. The number of hydrogen-bond donors (Lipinski definition) is 0. The molecule has 1 rings (SSSR count). The summed E-state index contributed by atoms with van der Waals surface area (Å²) >= 11 is 0. The third-order valence-electron chi connectivity index (χ3n) is 4.34. The van der Waals surface area contributed by atoms with Crippen molar-refractivity contribution in [3.05, 3.63) is 0 Å². The van der Waals surface area contributed by atoms with E-state index in [0.717, 1.165) is 0 Å². The molecule has 1 fully saturated rings. The van der Waals surface area contributed by atoms with Gasteiger partial charge in [-0.25, -0.2) is 0 Å². The summed E-state index contributed by atoms with van der Waals surface area (Å²) in [6, 6.07) is 0. The second kappa shape index (κ2) is 6.48. The van der Waals surface area contributed by atoms with Gasteiger partial charge in [-0.2, -0.15) is 0 Å². The SMILES string of the molecule is C[C@@H](CC(=O)C[C@H]1COC(C)(C)O1)O[Si](C)(C)C(C)(C)C. The predicted molar refractivity (Wildman–Crippen MR) is 86.9 cm³/mol. The molecule has 0 aromatic rings. The van der Waals surface area contributed by atoms with Gasteiger partial charge in [0.05, 0.1) is 12.7 Å². The molecule has 0 saturated carbocycles. The summed E-state index contributed by atoms with van der Waals surface area (Å²) in [5, 5.41) is 0.163. The molecule has 0 aromatic carbocycles. The zero-order valence-corrected chi connectivity index (χ0v) is 15.9. The van der Waals surface area contributed by atoms with Crippen molar-refractivity contribution in [1.29, 1.82) is 0 Å². The average Bonchev–Trinajstić information content (AvgIpc) is 2.54. The minimum absolute atomic E-state index is 0.0336. The van der Waals surface area contributed by atoms with Crippen LogP contribution in [0.25, 0.3) is 0 Å². The Morgan fingerprint density at radius 1 is 1.38 bits per heavy atom. The van der Waals surface area contributed by atoms with Crippen LogP contribution < -0.4 is 0 Å². The average molecular weight is 317 g/mol. The highest BCUT2D eigenvalue weighted by molar-refractivity contribution is 6.74. The molecule has 0 radical (unpaired) electrons. The van der Waals surface area contributed by atoms with Gasteiger partial charge < -0.3 is 13.9 Å². The number of rotatable bonds is 6. The third kappa shape index (κ3) is 5.81. The third-order valence-corrected chi connectivity index (χ3v) is 8.94. The minimum Gasteiger partial charge on any atom is -0.414 e. The Morgan fingerprint density at radius 2 is 1.95 bits per heavy atom. The zero-order valence-electron chi connectivity index (χ0n) is 14.9. The quantitative estimate of drug-likeness (QED) is 0.697. The minimum atomic E-state index is -1.81. The number of ketones is 1. The van der Waals surface area contributed by atoms with Crippen LogP contribution in [-0.4, -0.2) is 38.7 Å². The summed E-state index contributed by atoms with van der Waals surface area (Å²) < 4.78 is 17.4. The Balaban J connectivity index is 2.41. The molecule has 4 nitrogen and oxygen atoms in total. The Labute approximate surface area is 130 Å². The normalized spacial score (nSPS) is 24.1. The van der Waals surface area contributed by atoms with Gasteiger partial charge >= 0.3 is 0 Å². The molecular weight excluding hydrogens is 284 g/mol. The lowest BCUT2D eigenvalue weighted by molar-refractivity contribution is -0.142. The first kappa shape index (κ1) is 18.8. The van der Waals surface area contributed by atoms with Crippen LogP contribution in [0.1, 0.15) is 54.4 Å². The molecule has 21 heavy (non-hydrogen) atoms. The van der Waals surface area contributed by atoms with Crippen molar-refractivity contribution in [2.75, 3.05) is 6.61 Å². The Kier molecular flexibility index (Phi) is 5.81. The molecule has 1 heterocycles. The monoisotopic (exact) mass is 316 g/mol. The Morgan fingerprint density at radius 3 is 2.38 bits per heavy atom. The molecule has 2 atom stereocenters. The molecule has 0 spiro atoms. The number of Topliss-reactive ketones (excluding diaryl/α,β-unsaturated/α-hetero) is 1. The van der Waals surface area contributed by atoms with Crippen LogP contribution >= 0.6 is 0 Å². The molecule has 1 aliphatic rings. The lowest BCUT2D eigenvalue weighted by Crippen LogP contribution is -2.43. The van der Waals surface area contributed by atoms with Crippen LogP contribution in [0, 0.1) is 0 Å². The summed E-state index contributed by atoms with van der Waals surface area (Å²) in [4.78, 5) is 12.2. The highest BCUT2D eigenvalue weighted by Crippen LogP contribution is 2.37. The lowest BCUT2D eigenvalue weighted by Gasteiger charge is -2.38. The van der Waals surface area contributed by atoms with E-state index >= 15 is 0 Å². The Bertz CT molecular complexity index is 371. The van der Waals surface area contributed by atoms with Crippen molar-refractivity contribution in [2.24, 2.45) is 0 Å². The van der Waals surface area contributed by atoms with Crippen molar-refractivity contribution >= 4 is 14.1 Å². The van der Waals surface area contributed by atoms with E-state index in [0.29, 0.717) is 19.4 Å². The second-order valence-electron chi connectivity index (χ2n) is 8.09. The first-order valence-corrected chi connectivity index (χ1v) is 10.7. The van der Waals surface area contributed by atoms with Crippen molar-refractivity contribution in [1.82, 2.24) is 0 Å². The number of carbonyl (C=O) groups is 1. The topological polar surface area (TPSA) is 44.8 Å². The largest absolute Gasteiger partial charge is 0.414 e. The first-order chi connectivity index (χ1) is 9.32. The summed E-state index contributed by atoms with van der Waals surface area (Å²) in [7, 11) is -1.81. The fourth-order valence-electron chi connectivity index (χ4n) is 2.24. The molecule has 1 aliphatic heterocycles. The van der Waals surface area contributed by atoms with Crippen molar-refractivity contribution in [3.63, 3.8) is 0 Å². The van der Waals surface area contributed by atoms with Crippen LogP contribution in [0.3, 0.4) is 0 Å². The van der Waals surface area contributed by atoms with Crippen molar-refractivity contribution in [3.8, 4) is 0 Å². The molecule has 0 N–H and O–H groups in total. The standard InChI is InChI=1S/C16H32O4Si/c1-12(20-21(7,8)15(2,3)4)9-13(17)10-14-11-18-16(5,6)19-14/h12,14H,9-11H2,1-8H3/t12-,14-/m0/s1. The molecule has 5 heteroatoms. The summed E-state index contributed by atoms with van der Waals surface area (Å²) in [6.45, 7) is 17.3. The highest BCUT2D eigenvalue weighted by atomic mass is 28.4. The van der Waals surface area contributed by atoms with Crippen LogP contribution in [-0.2, 0) is 18.7 Å². The van der Waals surface area contributed by atoms with E-state index in [1.807, 2.05) is 20.8 Å². The van der Waals surface area contributed by atoms with Gasteiger partial charge in [0, 0.05) is 18.9 Å². The van der Waals surface area contributed by atoms with E-state index in [9.17, 15) is 4.79 Å². The molecule has 0 aromatic heterocycles. The van der Waals surface area contributed by atoms with Crippen molar-refractivity contribution < 1.29 is 18.7 Å². The van der Waals surface area contributed by atoms with Gasteiger partial charge in [-0.1, -0.05) is 20.8 Å². The van der Waals surface area contributed by atoms with Gasteiger partial charge in [0.15, 0.2) is 14.1 Å². The smallest absolute Gasteiger partial charge is 0.192 e. The molecule has 0 aliphatic carbocycles. The molecule has 0 unspecified atom stereocenters. The molecule has 0 amide bonds. The lowest BCUT2D eigenvalue weighted by atomic mass is 10.1. The number of hydrogen-bond acceptors (Lipinski definition) is 4. The maximum atomic E-state index is 12.2. The van der Waals surface area contributed by atoms with E-state index in [-0.39, 0.29) is 23.0 Å². The van der Waals surface area contributed by atoms with E-state index in [2.05, 4.69) is 33.9 Å². The van der Waals surface area contributed by atoms with Gasteiger partial charge in [0.2, 0.25) is 0 Å².